The molecule has 1 rings (SSSR count). The molecule has 5 nitrogen and oxygen atoms in total. The van der Waals surface area contributed by atoms with Crippen molar-refractivity contribution < 1.29 is 15.0 Å². The minimum absolute atomic E-state index is 0.309. The molecule has 2 unspecified atom stereocenters. The van der Waals surface area contributed by atoms with Gasteiger partial charge in [0.2, 0.25) is 0 Å². The quantitative estimate of drug-likeness (QED) is 0.492. The number of carboxylic acid groups (broad SMARTS) is 1. The molecule has 5 heteroatoms. The zero-order valence-electron chi connectivity index (χ0n) is 7.03. The Morgan fingerprint density at radius 3 is 2.83 bits per heavy atom. The van der Waals surface area contributed by atoms with Crippen LogP contribution < -0.4 is 5.32 Å². The molecular formula is C7H14N2O3. The summed E-state index contributed by atoms with van der Waals surface area (Å²) in [5.74, 6) is 0. The van der Waals surface area contributed by atoms with Crippen LogP contribution >= 0.6 is 0 Å². The van der Waals surface area contributed by atoms with Crippen molar-refractivity contribution in [3.05, 3.63) is 0 Å². The van der Waals surface area contributed by atoms with Crippen molar-refractivity contribution in [3.63, 3.8) is 0 Å². The number of carbonyl (C=O) groups is 1. The fourth-order valence-corrected chi connectivity index (χ4v) is 1.39. The average Bonchev–Trinajstić information content (AvgIpc) is 2.04. The number of nitrogens with zero attached hydrogens (tertiary/aromatic N) is 1. The lowest BCUT2D eigenvalue weighted by Gasteiger charge is -2.35. The molecule has 1 fully saturated rings. The number of rotatable bonds is 1. The fraction of sp³-hybridized carbons (Fsp3) is 0.857. The van der Waals surface area contributed by atoms with Crippen molar-refractivity contribution >= 4 is 6.09 Å². The van der Waals surface area contributed by atoms with E-state index in [4.69, 9.17) is 5.11 Å². The minimum Gasteiger partial charge on any atom is -0.465 e. The first kappa shape index (κ1) is 9.28. The van der Waals surface area contributed by atoms with Gasteiger partial charge in [0.25, 0.3) is 0 Å². The summed E-state index contributed by atoms with van der Waals surface area (Å²) in [5.41, 5.74) is 0. The van der Waals surface area contributed by atoms with Gasteiger partial charge in [-0.1, -0.05) is 0 Å². The zero-order chi connectivity index (χ0) is 9.14. The van der Waals surface area contributed by atoms with Crippen molar-refractivity contribution in [1.29, 1.82) is 0 Å². The van der Waals surface area contributed by atoms with Gasteiger partial charge in [0.05, 0.1) is 12.1 Å². The Bertz CT molecular complexity index is 172. The molecular weight excluding hydrogens is 160 g/mol. The highest BCUT2D eigenvalue weighted by Crippen LogP contribution is 2.07. The van der Waals surface area contributed by atoms with Gasteiger partial charge < -0.3 is 20.4 Å². The van der Waals surface area contributed by atoms with Gasteiger partial charge in [-0.3, -0.25) is 0 Å². The van der Waals surface area contributed by atoms with E-state index in [-0.39, 0.29) is 6.04 Å². The predicted molar refractivity (Wildman–Crippen MR) is 43.1 cm³/mol. The number of piperazine rings is 1. The van der Waals surface area contributed by atoms with Crippen molar-refractivity contribution in [2.24, 2.45) is 0 Å². The molecule has 0 aromatic heterocycles. The van der Waals surface area contributed by atoms with Crippen LogP contribution in [0.15, 0.2) is 0 Å². The van der Waals surface area contributed by atoms with Crippen molar-refractivity contribution in [1.82, 2.24) is 10.2 Å². The van der Waals surface area contributed by atoms with E-state index in [2.05, 4.69) is 5.32 Å². The third-order valence-corrected chi connectivity index (χ3v) is 2.09. The molecule has 0 aromatic rings. The number of hydrogen-bond donors (Lipinski definition) is 3. The van der Waals surface area contributed by atoms with Gasteiger partial charge >= 0.3 is 6.09 Å². The lowest BCUT2D eigenvalue weighted by molar-refractivity contribution is 0.0454. The van der Waals surface area contributed by atoms with E-state index >= 15 is 0 Å². The number of hydrogen-bond acceptors (Lipinski definition) is 3. The molecule has 0 aromatic carbocycles. The second-order valence-electron chi connectivity index (χ2n) is 2.99. The first-order valence-corrected chi connectivity index (χ1v) is 4.01. The summed E-state index contributed by atoms with van der Waals surface area (Å²) in [6.45, 7) is 3.25. The Labute approximate surface area is 71.0 Å². The highest BCUT2D eigenvalue weighted by Gasteiger charge is 2.29. The Kier molecular flexibility index (Phi) is 2.88. The number of aliphatic hydroxyl groups is 1. The highest BCUT2D eigenvalue weighted by atomic mass is 16.4. The number of amides is 1. The topological polar surface area (TPSA) is 72.8 Å². The summed E-state index contributed by atoms with van der Waals surface area (Å²) < 4.78 is 0. The van der Waals surface area contributed by atoms with Crippen molar-refractivity contribution in [2.45, 2.75) is 19.1 Å². The summed E-state index contributed by atoms with van der Waals surface area (Å²) in [5, 5.41) is 21.0. The van der Waals surface area contributed by atoms with Crippen molar-refractivity contribution in [3.8, 4) is 0 Å². The lowest BCUT2D eigenvalue weighted by Crippen LogP contribution is -2.57. The molecule has 12 heavy (non-hydrogen) atoms. The SMILES string of the molecule is CC(O)C1CNCCN1C(=O)O. The first-order valence-electron chi connectivity index (χ1n) is 4.01. The first-order chi connectivity index (χ1) is 5.63. The van der Waals surface area contributed by atoms with Crippen LogP contribution in [0.4, 0.5) is 4.79 Å². The maximum absolute atomic E-state index is 10.7. The molecule has 1 heterocycles. The van der Waals surface area contributed by atoms with Gasteiger partial charge in [-0.25, -0.2) is 4.79 Å². The van der Waals surface area contributed by atoms with Gasteiger partial charge in [-0.15, -0.1) is 0 Å². The van der Waals surface area contributed by atoms with Gasteiger partial charge in [0.1, 0.15) is 0 Å². The molecule has 1 aliphatic rings. The normalized spacial score (nSPS) is 26.8. The molecule has 1 aliphatic heterocycles. The van der Waals surface area contributed by atoms with Crippen LogP contribution in [0.25, 0.3) is 0 Å². The van der Waals surface area contributed by atoms with Crippen LogP contribution in [-0.2, 0) is 0 Å². The van der Waals surface area contributed by atoms with Gasteiger partial charge in [-0.2, -0.15) is 0 Å². The molecule has 1 saturated heterocycles. The summed E-state index contributed by atoms with van der Waals surface area (Å²) in [6.07, 6.45) is -1.57. The highest BCUT2D eigenvalue weighted by molar-refractivity contribution is 5.65. The third kappa shape index (κ3) is 1.86. The Balaban J connectivity index is 2.60. The van der Waals surface area contributed by atoms with Crippen LogP contribution in [0.5, 0.6) is 0 Å². The minimum atomic E-state index is -0.956. The molecule has 0 aliphatic carbocycles. The van der Waals surface area contributed by atoms with E-state index in [0.717, 1.165) is 0 Å². The summed E-state index contributed by atoms with van der Waals surface area (Å²) in [4.78, 5) is 11.9. The molecule has 70 valence electrons. The van der Waals surface area contributed by atoms with Crippen molar-refractivity contribution in [2.75, 3.05) is 19.6 Å². The molecule has 3 N–H and O–H groups in total. The van der Waals surface area contributed by atoms with Crippen LogP contribution in [-0.4, -0.2) is 53.0 Å². The Hall–Kier alpha value is -0.810. The Morgan fingerprint density at radius 2 is 2.42 bits per heavy atom. The maximum atomic E-state index is 10.7. The second-order valence-corrected chi connectivity index (χ2v) is 2.99. The predicted octanol–water partition coefficient (Wildman–Crippen LogP) is -0.681. The molecule has 0 spiro atoms. The van der Waals surface area contributed by atoms with Gasteiger partial charge in [0.15, 0.2) is 0 Å². The zero-order valence-corrected chi connectivity index (χ0v) is 7.03. The molecule has 0 radical (unpaired) electrons. The summed E-state index contributed by atoms with van der Waals surface area (Å²) in [7, 11) is 0. The summed E-state index contributed by atoms with van der Waals surface area (Å²) >= 11 is 0. The summed E-state index contributed by atoms with van der Waals surface area (Å²) in [6, 6.07) is -0.309. The van der Waals surface area contributed by atoms with Gasteiger partial charge in [0, 0.05) is 19.6 Å². The monoisotopic (exact) mass is 174 g/mol. The molecule has 0 bridgehead atoms. The van der Waals surface area contributed by atoms with E-state index in [1.807, 2.05) is 0 Å². The van der Waals surface area contributed by atoms with E-state index in [1.165, 1.54) is 4.90 Å². The van der Waals surface area contributed by atoms with Gasteiger partial charge in [-0.05, 0) is 6.92 Å². The van der Waals surface area contributed by atoms with Crippen LogP contribution in [0.3, 0.4) is 0 Å². The van der Waals surface area contributed by atoms with E-state index in [1.54, 1.807) is 6.92 Å². The third-order valence-electron chi connectivity index (χ3n) is 2.09. The Morgan fingerprint density at radius 1 is 1.75 bits per heavy atom. The average molecular weight is 174 g/mol. The standard InChI is InChI=1S/C7H14N2O3/c1-5(10)6-4-8-2-3-9(6)7(11)12/h5-6,8,10H,2-4H2,1H3,(H,11,12). The second kappa shape index (κ2) is 3.73. The number of aliphatic hydroxyl groups excluding tert-OH is 1. The van der Waals surface area contributed by atoms with Crippen LogP contribution in [0, 0.1) is 0 Å². The maximum Gasteiger partial charge on any atom is 0.407 e. The van der Waals surface area contributed by atoms with Crippen LogP contribution in [0.2, 0.25) is 0 Å². The van der Waals surface area contributed by atoms with Crippen LogP contribution in [0.1, 0.15) is 6.92 Å². The molecule has 2 atom stereocenters. The van der Waals surface area contributed by atoms with E-state index in [0.29, 0.717) is 19.6 Å². The molecule has 1 amide bonds. The fourth-order valence-electron chi connectivity index (χ4n) is 1.39. The van der Waals surface area contributed by atoms with E-state index < -0.39 is 12.2 Å². The number of nitrogens with one attached hydrogen (secondary N) is 1. The smallest absolute Gasteiger partial charge is 0.407 e. The molecule has 0 saturated carbocycles. The lowest BCUT2D eigenvalue weighted by atomic mass is 10.1. The largest absolute Gasteiger partial charge is 0.465 e. The van der Waals surface area contributed by atoms with E-state index in [9.17, 15) is 9.90 Å².